The van der Waals surface area contributed by atoms with Crippen molar-refractivity contribution in [2.45, 2.75) is 6.04 Å². The van der Waals surface area contributed by atoms with Gasteiger partial charge in [-0.1, -0.05) is 42.5 Å². The summed E-state index contributed by atoms with van der Waals surface area (Å²) in [7, 11) is 0. The summed E-state index contributed by atoms with van der Waals surface area (Å²) in [5.74, 6) is 0. The first kappa shape index (κ1) is 7.53. The van der Waals surface area contributed by atoms with E-state index in [1.165, 1.54) is 5.56 Å². The number of hydroxylamine groups is 1. The van der Waals surface area contributed by atoms with Crippen LogP contribution >= 0.6 is 0 Å². The Morgan fingerprint density at radius 1 is 1.25 bits per heavy atom. The standard InChI is InChI=1S/C10H11NO/c1-2-5-9(6-3-1)10-7-4-8-12-11-10/h1-7,10-11H,8H2. The van der Waals surface area contributed by atoms with Crippen molar-refractivity contribution in [1.29, 1.82) is 0 Å². The molecule has 0 bridgehead atoms. The monoisotopic (exact) mass is 161 g/mol. The summed E-state index contributed by atoms with van der Waals surface area (Å²) in [6.07, 6.45) is 4.13. The maximum atomic E-state index is 5.10. The summed E-state index contributed by atoms with van der Waals surface area (Å²) in [6.45, 7) is 0.656. The average Bonchev–Trinajstić information content (AvgIpc) is 2.21. The summed E-state index contributed by atoms with van der Waals surface area (Å²) in [6, 6.07) is 10.4. The van der Waals surface area contributed by atoms with Gasteiger partial charge in [0, 0.05) is 0 Å². The van der Waals surface area contributed by atoms with Crippen molar-refractivity contribution in [3.8, 4) is 0 Å². The Balaban J connectivity index is 2.19. The highest BCUT2D eigenvalue weighted by Crippen LogP contribution is 2.15. The zero-order chi connectivity index (χ0) is 8.23. The quantitative estimate of drug-likeness (QED) is 0.634. The van der Waals surface area contributed by atoms with Crippen molar-refractivity contribution in [3.05, 3.63) is 48.0 Å². The molecule has 0 aromatic heterocycles. The smallest absolute Gasteiger partial charge is 0.0864 e. The second-order valence-corrected chi connectivity index (χ2v) is 2.75. The molecular formula is C10H11NO. The van der Waals surface area contributed by atoms with Gasteiger partial charge >= 0.3 is 0 Å². The summed E-state index contributed by atoms with van der Waals surface area (Å²) in [4.78, 5) is 5.10. The van der Waals surface area contributed by atoms with Crippen molar-refractivity contribution >= 4 is 0 Å². The zero-order valence-corrected chi connectivity index (χ0v) is 6.73. The van der Waals surface area contributed by atoms with Gasteiger partial charge in [0.15, 0.2) is 0 Å². The molecule has 0 aliphatic carbocycles. The van der Waals surface area contributed by atoms with Crippen LogP contribution < -0.4 is 5.48 Å². The fraction of sp³-hybridized carbons (Fsp3) is 0.200. The normalized spacial score (nSPS) is 22.5. The summed E-state index contributed by atoms with van der Waals surface area (Å²) >= 11 is 0. The maximum Gasteiger partial charge on any atom is 0.0864 e. The molecule has 0 fully saturated rings. The molecule has 1 atom stereocenters. The van der Waals surface area contributed by atoms with Crippen molar-refractivity contribution in [2.24, 2.45) is 0 Å². The van der Waals surface area contributed by atoms with Crippen LogP contribution in [0.1, 0.15) is 11.6 Å². The first-order chi connectivity index (χ1) is 5.97. The predicted molar refractivity (Wildman–Crippen MR) is 47.4 cm³/mol. The van der Waals surface area contributed by atoms with Crippen LogP contribution in [0.2, 0.25) is 0 Å². The molecule has 0 spiro atoms. The topological polar surface area (TPSA) is 21.3 Å². The highest BCUT2D eigenvalue weighted by atomic mass is 16.6. The molecule has 0 amide bonds. The largest absolute Gasteiger partial charge is 0.297 e. The van der Waals surface area contributed by atoms with Gasteiger partial charge in [0.05, 0.1) is 12.6 Å². The molecule has 1 heterocycles. The maximum absolute atomic E-state index is 5.10. The van der Waals surface area contributed by atoms with Crippen LogP contribution in [0.3, 0.4) is 0 Å². The fourth-order valence-electron chi connectivity index (χ4n) is 1.26. The molecule has 1 aromatic rings. The van der Waals surface area contributed by atoms with Crippen LogP contribution in [0, 0.1) is 0 Å². The molecule has 2 rings (SSSR count). The molecule has 1 aliphatic rings. The van der Waals surface area contributed by atoms with E-state index in [4.69, 9.17) is 4.84 Å². The Bertz CT molecular complexity index is 268. The van der Waals surface area contributed by atoms with E-state index < -0.39 is 0 Å². The molecule has 1 N–H and O–H groups in total. The van der Waals surface area contributed by atoms with Gasteiger partial charge in [-0.2, -0.15) is 5.48 Å². The molecule has 1 aliphatic heterocycles. The Kier molecular flexibility index (Phi) is 2.21. The van der Waals surface area contributed by atoms with Crippen LogP contribution in [0.4, 0.5) is 0 Å². The van der Waals surface area contributed by atoms with Crippen molar-refractivity contribution in [2.75, 3.05) is 6.61 Å². The average molecular weight is 161 g/mol. The lowest BCUT2D eigenvalue weighted by molar-refractivity contribution is 0.0363. The summed E-state index contributed by atoms with van der Waals surface area (Å²) in [5.41, 5.74) is 4.18. The van der Waals surface area contributed by atoms with E-state index in [0.29, 0.717) is 6.61 Å². The second-order valence-electron chi connectivity index (χ2n) is 2.75. The number of nitrogens with one attached hydrogen (secondary N) is 1. The number of hydrogen-bond donors (Lipinski definition) is 1. The third-order valence-corrected chi connectivity index (χ3v) is 1.88. The molecule has 1 aromatic carbocycles. The van der Waals surface area contributed by atoms with Crippen LogP contribution in [-0.2, 0) is 4.84 Å². The first-order valence-corrected chi connectivity index (χ1v) is 4.06. The first-order valence-electron chi connectivity index (χ1n) is 4.06. The lowest BCUT2D eigenvalue weighted by Crippen LogP contribution is -2.23. The number of benzene rings is 1. The summed E-state index contributed by atoms with van der Waals surface area (Å²) < 4.78 is 0. The minimum Gasteiger partial charge on any atom is -0.297 e. The molecule has 2 heteroatoms. The van der Waals surface area contributed by atoms with Gasteiger partial charge in [-0.25, -0.2) is 0 Å². The second kappa shape index (κ2) is 3.52. The molecule has 2 nitrogen and oxygen atoms in total. The molecule has 0 saturated heterocycles. The minimum absolute atomic E-state index is 0.208. The lowest BCUT2D eigenvalue weighted by atomic mass is 10.1. The highest BCUT2D eigenvalue weighted by Gasteiger charge is 2.08. The van der Waals surface area contributed by atoms with E-state index in [1.807, 2.05) is 24.3 Å². The molecule has 0 radical (unpaired) electrons. The fourth-order valence-corrected chi connectivity index (χ4v) is 1.26. The van der Waals surface area contributed by atoms with Gasteiger partial charge in [0.25, 0.3) is 0 Å². The third-order valence-electron chi connectivity index (χ3n) is 1.88. The van der Waals surface area contributed by atoms with Gasteiger partial charge in [-0.3, -0.25) is 4.84 Å². The summed E-state index contributed by atoms with van der Waals surface area (Å²) in [5, 5.41) is 0. The van der Waals surface area contributed by atoms with Crippen molar-refractivity contribution in [3.63, 3.8) is 0 Å². The Morgan fingerprint density at radius 3 is 2.75 bits per heavy atom. The minimum atomic E-state index is 0.208. The van der Waals surface area contributed by atoms with Crippen molar-refractivity contribution < 1.29 is 4.84 Å². The lowest BCUT2D eigenvalue weighted by Gasteiger charge is -2.18. The van der Waals surface area contributed by atoms with E-state index >= 15 is 0 Å². The van der Waals surface area contributed by atoms with E-state index in [1.54, 1.807) is 0 Å². The SMILES string of the molecule is C1=CC(c2ccccc2)NOC1. The van der Waals surface area contributed by atoms with E-state index in [2.05, 4.69) is 23.7 Å². The number of hydrogen-bond acceptors (Lipinski definition) is 2. The van der Waals surface area contributed by atoms with Gasteiger partial charge in [0.1, 0.15) is 0 Å². The van der Waals surface area contributed by atoms with E-state index in [0.717, 1.165) is 0 Å². The third kappa shape index (κ3) is 1.55. The molecule has 1 unspecified atom stereocenters. The Labute approximate surface area is 71.8 Å². The van der Waals surface area contributed by atoms with Crippen molar-refractivity contribution in [1.82, 2.24) is 5.48 Å². The van der Waals surface area contributed by atoms with Gasteiger partial charge < -0.3 is 0 Å². The molecule has 12 heavy (non-hydrogen) atoms. The van der Waals surface area contributed by atoms with Gasteiger partial charge in [0.2, 0.25) is 0 Å². The van der Waals surface area contributed by atoms with E-state index in [9.17, 15) is 0 Å². The van der Waals surface area contributed by atoms with Crippen LogP contribution in [-0.4, -0.2) is 6.61 Å². The Hall–Kier alpha value is -1.12. The molecule has 0 saturated carbocycles. The van der Waals surface area contributed by atoms with Gasteiger partial charge in [-0.15, -0.1) is 0 Å². The Morgan fingerprint density at radius 2 is 2.08 bits per heavy atom. The van der Waals surface area contributed by atoms with Crippen LogP contribution in [0.25, 0.3) is 0 Å². The van der Waals surface area contributed by atoms with E-state index in [-0.39, 0.29) is 6.04 Å². The zero-order valence-electron chi connectivity index (χ0n) is 6.73. The highest BCUT2D eigenvalue weighted by molar-refractivity contribution is 5.23. The van der Waals surface area contributed by atoms with Gasteiger partial charge in [-0.05, 0) is 5.56 Å². The molecule has 62 valence electrons. The number of rotatable bonds is 1. The van der Waals surface area contributed by atoms with Crippen LogP contribution in [0.15, 0.2) is 42.5 Å². The molecular weight excluding hydrogens is 150 g/mol. The van der Waals surface area contributed by atoms with Crippen LogP contribution in [0.5, 0.6) is 0 Å². The predicted octanol–water partition coefficient (Wildman–Crippen LogP) is 1.82.